The monoisotopic (exact) mass is 470 g/mol. The highest BCUT2D eigenvalue weighted by Crippen LogP contribution is 2.31. The van der Waals surface area contributed by atoms with Gasteiger partial charge in [-0.2, -0.15) is 25.8 Å². The zero-order valence-electron chi connectivity index (χ0n) is 17.5. The van der Waals surface area contributed by atoms with E-state index < -0.39 is 11.7 Å². The third-order valence-corrected chi connectivity index (χ3v) is 6.16. The van der Waals surface area contributed by atoms with Gasteiger partial charge in [0.25, 0.3) is 0 Å². The minimum absolute atomic E-state index is 0.124. The van der Waals surface area contributed by atoms with Crippen molar-refractivity contribution in [2.24, 2.45) is 5.73 Å². The minimum Gasteiger partial charge on any atom is -0.370 e. The predicted molar refractivity (Wildman–Crippen MR) is 126 cm³/mol. The summed E-state index contributed by atoms with van der Waals surface area (Å²) in [4.78, 5) is 5.39. The molecule has 0 amide bonds. The van der Waals surface area contributed by atoms with Gasteiger partial charge >= 0.3 is 6.18 Å². The predicted octanol–water partition coefficient (Wildman–Crippen LogP) is 4.94. The summed E-state index contributed by atoms with van der Waals surface area (Å²) in [5.74, 6) is 0.743. The molecule has 0 spiro atoms. The molecule has 170 valence electrons. The molecule has 0 saturated carbocycles. The van der Waals surface area contributed by atoms with Crippen molar-refractivity contribution in [2.45, 2.75) is 29.8 Å². The third-order valence-electron chi connectivity index (χ3n) is 4.97. The maximum absolute atomic E-state index is 12.7. The topological polar surface area (TPSA) is 56.4 Å². The van der Waals surface area contributed by atoms with Gasteiger partial charge in [-0.25, -0.2) is 0 Å². The van der Waals surface area contributed by atoms with E-state index in [1.807, 2.05) is 17.0 Å². The largest absolute Gasteiger partial charge is 0.416 e. The number of hydrogen-bond acceptors (Lipinski definition) is 4. The van der Waals surface area contributed by atoms with Crippen LogP contribution in [0.4, 0.5) is 13.2 Å². The first kappa shape index (κ1) is 25.4. The van der Waals surface area contributed by atoms with E-state index in [2.05, 4.69) is 29.7 Å². The number of thioether (sulfide) groups is 1. The molecule has 2 aromatic carbocycles. The van der Waals surface area contributed by atoms with Gasteiger partial charge in [0.15, 0.2) is 5.96 Å². The smallest absolute Gasteiger partial charge is 0.370 e. The molecule has 0 unspecified atom stereocenters. The van der Waals surface area contributed by atoms with Gasteiger partial charge in [0.05, 0.1) is 5.56 Å². The van der Waals surface area contributed by atoms with Gasteiger partial charge in [0.2, 0.25) is 0 Å². The van der Waals surface area contributed by atoms with Crippen LogP contribution in [0, 0.1) is 5.41 Å². The van der Waals surface area contributed by atoms with Crippen LogP contribution < -0.4 is 5.73 Å². The first-order valence-electron chi connectivity index (χ1n) is 9.96. The van der Waals surface area contributed by atoms with E-state index in [1.54, 1.807) is 30.2 Å². The van der Waals surface area contributed by atoms with Gasteiger partial charge in [-0.1, -0.05) is 30.3 Å². The number of nitrogens with one attached hydrogen (secondary N) is 1. The molecule has 4 nitrogen and oxygen atoms in total. The van der Waals surface area contributed by atoms with Crippen LogP contribution >= 0.6 is 24.4 Å². The van der Waals surface area contributed by atoms with Crippen molar-refractivity contribution in [2.75, 3.05) is 32.4 Å². The summed E-state index contributed by atoms with van der Waals surface area (Å²) in [7, 11) is 0. The summed E-state index contributed by atoms with van der Waals surface area (Å²) < 4.78 is 38.1. The molecule has 1 aliphatic heterocycles. The third kappa shape index (κ3) is 7.97. The van der Waals surface area contributed by atoms with E-state index in [1.165, 1.54) is 5.56 Å². The molecule has 2 aromatic rings. The Morgan fingerprint density at radius 2 is 1.71 bits per heavy atom. The number of thiol groups is 1. The van der Waals surface area contributed by atoms with Gasteiger partial charge in [0, 0.05) is 43.4 Å². The highest BCUT2D eigenvalue weighted by Gasteiger charge is 2.29. The molecular weight excluding hydrogens is 441 g/mol. The Balaban J connectivity index is 0.00000166. The van der Waals surface area contributed by atoms with Crippen molar-refractivity contribution in [1.82, 2.24) is 9.80 Å². The minimum atomic E-state index is -4.30. The van der Waals surface area contributed by atoms with Crippen molar-refractivity contribution in [1.29, 1.82) is 5.41 Å². The zero-order chi connectivity index (χ0) is 22.9. The van der Waals surface area contributed by atoms with E-state index in [0.717, 1.165) is 61.7 Å². The Labute approximate surface area is 191 Å². The van der Waals surface area contributed by atoms with Crippen LogP contribution in [0.5, 0.6) is 0 Å². The second-order valence-corrected chi connectivity index (χ2v) is 8.11. The summed E-state index contributed by atoms with van der Waals surface area (Å²) in [6.07, 6.45) is -1.65. The second kappa shape index (κ2) is 12.3. The molecule has 9 heteroatoms. The van der Waals surface area contributed by atoms with Crippen LogP contribution in [0.1, 0.15) is 23.1 Å². The maximum atomic E-state index is 12.7. The first-order chi connectivity index (χ1) is 14.8. The molecule has 0 aliphatic carbocycles. The number of benzene rings is 2. The molecule has 3 N–H and O–H groups in total. The molecule has 1 fully saturated rings. The standard InChI is InChI=1S/C21H25F3N4S.CH4S/c22-21(23,24)18-8-6-16(7-9-18)15-29-19-5-2-1-4-17(19)14-27-10-3-11-28(13-12-27)20(25)26;1-2/h1-2,4-9H,3,10-15H2,(H3,25,26);2H,1H3. The summed E-state index contributed by atoms with van der Waals surface area (Å²) in [5, 5.41) is 7.61. The Morgan fingerprint density at radius 3 is 2.35 bits per heavy atom. The quantitative estimate of drug-likeness (QED) is 0.251. The number of nitrogens with two attached hydrogens (primary N) is 1. The second-order valence-electron chi connectivity index (χ2n) is 7.09. The first-order valence-corrected chi connectivity index (χ1v) is 11.8. The van der Waals surface area contributed by atoms with Gasteiger partial charge in [-0.3, -0.25) is 10.3 Å². The summed E-state index contributed by atoms with van der Waals surface area (Å²) in [5.41, 5.74) is 7.07. The number of rotatable bonds is 5. The Bertz CT molecular complexity index is 828. The SMILES string of the molecule is CS.N=C(N)N1CCCN(Cc2ccccc2SCc2ccc(C(F)(F)F)cc2)CC1. The lowest BCUT2D eigenvalue weighted by Gasteiger charge is -2.22. The molecule has 0 radical (unpaired) electrons. The van der Waals surface area contributed by atoms with Crippen LogP contribution in [0.2, 0.25) is 0 Å². The van der Waals surface area contributed by atoms with E-state index in [0.29, 0.717) is 5.75 Å². The van der Waals surface area contributed by atoms with E-state index in [4.69, 9.17) is 11.1 Å². The molecule has 1 saturated heterocycles. The summed E-state index contributed by atoms with van der Waals surface area (Å²) >= 11 is 5.17. The Hall–Kier alpha value is -1.84. The number of nitrogens with zero attached hydrogens (tertiary/aromatic N) is 2. The molecule has 1 aliphatic rings. The maximum Gasteiger partial charge on any atom is 0.416 e. The average molecular weight is 471 g/mol. The van der Waals surface area contributed by atoms with Crippen molar-refractivity contribution >= 4 is 30.4 Å². The van der Waals surface area contributed by atoms with Gasteiger partial charge in [0.1, 0.15) is 0 Å². The molecule has 0 atom stereocenters. The number of hydrogen-bond donors (Lipinski definition) is 3. The number of alkyl halides is 3. The molecule has 1 heterocycles. The molecule has 31 heavy (non-hydrogen) atoms. The van der Waals surface area contributed by atoms with E-state index in [-0.39, 0.29) is 5.96 Å². The Morgan fingerprint density at radius 1 is 1.03 bits per heavy atom. The lowest BCUT2D eigenvalue weighted by atomic mass is 10.1. The molecule has 3 rings (SSSR count). The highest BCUT2D eigenvalue weighted by atomic mass is 32.2. The van der Waals surface area contributed by atoms with Gasteiger partial charge in [-0.05, 0) is 42.0 Å². The summed E-state index contributed by atoms with van der Waals surface area (Å²) in [6, 6.07) is 13.5. The average Bonchev–Trinajstić information content (AvgIpc) is 3.00. The van der Waals surface area contributed by atoms with Crippen LogP contribution in [0.15, 0.2) is 53.4 Å². The zero-order valence-corrected chi connectivity index (χ0v) is 19.2. The number of guanidine groups is 1. The molecule has 0 aromatic heterocycles. The van der Waals surface area contributed by atoms with E-state index in [9.17, 15) is 13.2 Å². The fraction of sp³-hybridized carbons (Fsp3) is 0.409. The lowest BCUT2D eigenvalue weighted by Crippen LogP contribution is -2.39. The molecule has 0 bridgehead atoms. The van der Waals surface area contributed by atoms with Crippen LogP contribution in [0.3, 0.4) is 0 Å². The van der Waals surface area contributed by atoms with Crippen LogP contribution in [0.25, 0.3) is 0 Å². The van der Waals surface area contributed by atoms with Crippen LogP contribution in [-0.2, 0) is 18.5 Å². The van der Waals surface area contributed by atoms with Crippen molar-refractivity contribution in [3.8, 4) is 0 Å². The van der Waals surface area contributed by atoms with Crippen LogP contribution in [-0.4, -0.2) is 48.2 Å². The van der Waals surface area contributed by atoms with Gasteiger partial charge < -0.3 is 10.6 Å². The normalized spacial score (nSPS) is 15.1. The Kier molecular flexibility index (Phi) is 10.1. The fourth-order valence-corrected chi connectivity index (χ4v) is 4.34. The van der Waals surface area contributed by atoms with Crippen molar-refractivity contribution < 1.29 is 13.2 Å². The highest BCUT2D eigenvalue weighted by molar-refractivity contribution is 7.98. The van der Waals surface area contributed by atoms with Gasteiger partial charge in [-0.15, -0.1) is 11.8 Å². The number of halogens is 3. The lowest BCUT2D eigenvalue weighted by molar-refractivity contribution is -0.137. The van der Waals surface area contributed by atoms with Crippen molar-refractivity contribution in [3.63, 3.8) is 0 Å². The van der Waals surface area contributed by atoms with E-state index >= 15 is 0 Å². The molecular formula is C22H29F3N4S2. The summed E-state index contributed by atoms with van der Waals surface area (Å²) in [6.45, 7) is 4.15. The fourth-order valence-electron chi connectivity index (χ4n) is 3.34. The van der Waals surface area contributed by atoms with Crippen molar-refractivity contribution in [3.05, 3.63) is 65.2 Å².